The van der Waals surface area contributed by atoms with Crippen molar-refractivity contribution in [2.24, 2.45) is 0 Å². The summed E-state index contributed by atoms with van der Waals surface area (Å²) in [6, 6.07) is 7.49. The lowest BCUT2D eigenvalue weighted by Gasteiger charge is -2.38. The molecule has 2 aliphatic heterocycles. The Morgan fingerprint density at radius 1 is 1.21 bits per heavy atom. The van der Waals surface area contributed by atoms with E-state index in [2.05, 4.69) is 0 Å². The molecule has 0 aliphatic carbocycles. The number of rotatable bonds is 4. The molecule has 1 aromatic carbocycles. The smallest absolute Gasteiger partial charge is 0.265 e. The number of amides is 1. The van der Waals surface area contributed by atoms with E-state index in [9.17, 15) is 13.2 Å². The fraction of sp³-hybridized carbons (Fsp3) is 0.588. The molecule has 0 bridgehead atoms. The molecule has 0 radical (unpaired) electrons. The van der Waals surface area contributed by atoms with Crippen LogP contribution in [0.2, 0.25) is 0 Å². The van der Waals surface area contributed by atoms with E-state index in [1.165, 1.54) is 12.7 Å². The lowest BCUT2D eigenvalue weighted by molar-refractivity contribution is -0.139. The monoisotopic (exact) mass is 352 g/mol. The summed E-state index contributed by atoms with van der Waals surface area (Å²) in [5.74, 6) is 0.715. The summed E-state index contributed by atoms with van der Waals surface area (Å²) in [7, 11) is -3.06. The molecule has 0 N–H and O–H groups in total. The maximum Gasteiger partial charge on any atom is 0.265 e. The van der Waals surface area contributed by atoms with Gasteiger partial charge in [-0.3, -0.25) is 4.79 Å². The van der Waals surface area contributed by atoms with Crippen molar-refractivity contribution in [3.8, 4) is 5.75 Å². The van der Waals surface area contributed by atoms with Gasteiger partial charge in [0.05, 0.1) is 18.0 Å². The van der Waals surface area contributed by atoms with Gasteiger partial charge in [0.1, 0.15) is 15.6 Å². The molecular formula is C17H24N2O4S. The maximum atomic E-state index is 12.8. The van der Waals surface area contributed by atoms with Gasteiger partial charge in [-0.25, -0.2) is 8.42 Å². The first-order valence-electron chi connectivity index (χ1n) is 8.41. The van der Waals surface area contributed by atoms with Gasteiger partial charge in [-0.2, -0.15) is 0 Å². The summed E-state index contributed by atoms with van der Waals surface area (Å²) in [5, 5.41) is 0. The van der Waals surface area contributed by atoms with Crippen molar-refractivity contribution >= 4 is 21.4 Å². The molecular weight excluding hydrogens is 328 g/mol. The first-order chi connectivity index (χ1) is 11.4. The second-order valence-electron chi connectivity index (χ2n) is 6.54. The Morgan fingerprint density at radius 2 is 1.92 bits per heavy atom. The fourth-order valence-electron chi connectivity index (χ4n) is 3.24. The van der Waals surface area contributed by atoms with Gasteiger partial charge in [0.2, 0.25) is 0 Å². The number of likely N-dealkylation sites (tertiary alicyclic amines) is 1. The van der Waals surface area contributed by atoms with Gasteiger partial charge in [-0.1, -0.05) is 12.1 Å². The number of para-hydroxylation sites is 2. The summed E-state index contributed by atoms with van der Waals surface area (Å²) in [4.78, 5) is 16.6. The molecule has 2 aliphatic rings. The number of ether oxygens (including phenoxy) is 1. The van der Waals surface area contributed by atoms with E-state index in [4.69, 9.17) is 4.74 Å². The molecule has 6 nitrogen and oxygen atoms in total. The lowest BCUT2D eigenvalue weighted by Crippen LogP contribution is -2.52. The van der Waals surface area contributed by atoms with Crippen molar-refractivity contribution in [2.75, 3.05) is 43.1 Å². The molecule has 1 saturated heterocycles. The van der Waals surface area contributed by atoms with Crippen molar-refractivity contribution in [3.63, 3.8) is 0 Å². The fourth-order valence-corrected chi connectivity index (χ4v) is 3.79. The van der Waals surface area contributed by atoms with Gasteiger partial charge in [-0.15, -0.1) is 0 Å². The van der Waals surface area contributed by atoms with Crippen molar-refractivity contribution in [2.45, 2.75) is 25.4 Å². The van der Waals surface area contributed by atoms with E-state index in [1.807, 2.05) is 34.1 Å². The number of benzene rings is 1. The second-order valence-corrected chi connectivity index (χ2v) is 8.80. The molecule has 2 heterocycles. The van der Waals surface area contributed by atoms with E-state index in [-0.39, 0.29) is 11.7 Å². The van der Waals surface area contributed by atoms with Gasteiger partial charge >= 0.3 is 0 Å². The van der Waals surface area contributed by atoms with E-state index >= 15 is 0 Å². The molecule has 7 heteroatoms. The summed E-state index contributed by atoms with van der Waals surface area (Å²) in [6.07, 6.45) is 3.89. The predicted octanol–water partition coefficient (Wildman–Crippen LogP) is 1.31. The first kappa shape index (κ1) is 17.1. The lowest BCUT2D eigenvalue weighted by atomic mass is 10.1. The number of carbonyl (C=O) groups excluding carboxylic acids is 1. The van der Waals surface area contributed by atoms with Crippen LogP contribution in [0.15, 0.2) is 24.3 Å². The van der Waals surface area contributed by atoms with Crippen LogP contribution in [-0.2, 0) is 14.6 Å². The summed E-state index contributed by atoms with van der Waals surface area (Å²) in [5.41, 5.74) is 0.851. The number of nitrogens with zero attached hydrogens (tertiary/aromatic N) is 2. The quantitative estimate of drug-likeness (QED) is 0.817. The Balaban J connectivity index is 1.77. The number of anilines is 1. The molecule has 0 spiro atoms. The highest BCUT2D eigenvalue weighted by molar-refractivity contribution is 7.90. The summed E-state index contributed by atoms with van der Waals surface area (Å²) >= 11 is 0. The highest BCUT2D eigenvalue weighted by Gasteiger charge is 2.34. The van der Waals surface area contributed by atoms with Crippen LogP contribution in [0.3, 0.4) is 0 Å². The Hall–Kier alpha value is -1.76. The number of piperidine rings is 1. The number of fused-ring (bicyclic) bond motifs is 1. The van der Waals surface area contributed by atoms with Crippen LogP contribution in [0.4, 0.5) is 5.69 Å². The van der Waals surface area contributed by atoms with Crippen LogP contribution in [0.25, 0.3) is 0 Å². The highest BCUT2D eigenvalue weighted by Crippen LogP contribution is 2.33. The average Bonchev–Trinajstić information content (AvgIpc) is 2.59. The van der Waals surface area contributed by atoms with Crippen LogP contribution in [0.1, 0.15) is 19.3 Å². The molecule has 0 aromatic heterocycles. The van der Waals surface area contributed by atoms with Gasteiger partial charge < -0.3 is 14.5 Å². The van der Waals surface area contributed by atoms with Gasteiger partial charge in [-0.05, 0) is 31.4 Å². The van der Waals surface area contributed by atoms with Crippen molar-refractivity contribution in [1.29, 1.82) is 0 Å². The van der Waals surface area contributed by atoms with Crippen molar-refractivity contribution < 1.29 is 17.9 Å². The third-order valence-corrected chi connectivity index (χ3v) is 5.46. The molecule has 132 valence electrons. The third kappa shape index (κ3) is 4.01. The maximum absolute atomic E-state index is 12.8. The molecule has 3 rings (SSSR count). The number of sulfone groups is 1. The minimum absolute atomic E-state index is 0.00792. The SMILES string of the molecule is CS(=O)(=O)CCN1CC(C(=O)N2CCCCC2)Oc2ccccc21. The largest absolute Gasteiger partial charge is 0.477 e. The summed E-state index contributed by atoms with van der Waals surface area (Å²) < 4.78 is 29.0. The average molecular weight is 352 g/mol. The standard InChI is InChI=1S/C17H24N2O4S/c1-24(21,22)12-11-19-13-16(17(20)18-9-5-2-6-10-18)23-15-8-4-3-7-14(15)19/h3-4,7-8,16H,2,5-6,9-13H2,1H3. The Bertz CT molecular complexity index is 698. The minimum atomic E-state index is -3.06. The zero-order valence-electron chi connectivity index (χ0n) is 14.0. The van der Waals surface area contributed by atoms with Gasteiger partial charge in [0.15, 0.2) is 6.10 Å². The first-order valence-corrected chi connectivity index (χ1v) is 10.5. The van der Waals surface area contributed by atoms with Crippen LogP contribution in [-0.4, -0.2) is 63.5 Å². The minimum Gasteiger partial charge on any atom is -0.477 e. The van der Waals surface area contributed by atoms with Gasteiger partial charge in [0.25, 0.3) is 5.91 Å². The second kappa shape index (κ2) is 7.01. The van der Waals surface area contributed by atoms with E-state index < -0.39 is 15.9 Å². The Labute approximate surface area is 143 Å². The summed E-state index contributed by atoms with van der Waals surface area (Å²) in [6.45, 7) is 2.32. The molecule has 1 unspecified atom stereocenters. The van der Waals surface area contributed by atoms with E-state index in [1.54, 1.807) is 0 Å². The van der Waals surface area contributed by atoms with Crippen molar-refractivity contribution in [1.82, 2.24) is 4.90 Å². The molecule has 0 saturated carbocycles. The third-order valence-electron chi connectivity index (χ3n) is 4.54. The molecule has 1 atom stereocenters. The molecule has 1 aromatic rings. The van der Waals surface area contributed by atoms with Crippen LogP contribution in [0, 0.1) is 0 Å². The Morgan fingerprint density at radius 3 is 2.62 bits per heavy atom. The number of hydrogen-bond acceptors (Lipinski definition) is 5. The Kier molecular flexibility index (Phi) is 4.99. The molecule has 1 fully saturated rings. The zero-order valence-corrected chi connectivity index (χ0v) is 14.8. The highest BCUT2D eigenvalue weighted by atomic mass is 32.2. The van der Waals surface area contributed by atoms with Gasteiger partial charge in [0, 0.05) is 25.9 Å². The topological polar surface area (TPSA) is 66.9 Å². The number of carbonyl (C=O) groups is 1. The predicted molar refractivity (Wildman–Crippen MR) is 93.2 cm³/mol. The van der Waals surface area contributed by atoms with Crippen molar-refractivity contribution in [3.05, 3.63) is 24.3 Å². The van der Waals surface area contributed by atoms with Crippen LogP contribution < -0.4 is 9.64 Å². The zero-order chi connectivity index (χ0) is 17.2. The normalized spacial score (nSPS) is 21.1. The van der Waals surface area contributed by atoms with Crippen LogP contribution in [0.5, 0.6) is 5.75 Å². The van der Waals surface area contributed by atoms with E-state index in [0.29, 0.717) is 18.8 Å². The molecule has 1 amide bonds. The van der Waals surface area contributed by atoms with Crippen LogP contribution >= 0.6 is 0 Å². The number of hydrogen-bond donors (Lipinski definition) is 0. The van der Waals surface area contributed by atoms with E-state index in [0.717, 1.165) is 31.6 Å². The molecule has 24 heavy (non-hydrogen) atoms.